The van der Waals surface area contributed by atoms with Crippen molar-refractivity contribution in [2.24, 2.45) is 5.92 Å². The quantitative estimate of drug-likeness (QED) is 0.623. The molecular formula is C26H34FN3. The minimum atomic E-state index is -0.243. The number of anilines is 2. The molecule has 0 radical (unpaired) electrons. The Morgan fingerprint density at radius 2 is 1.87 bits per heavy atom. The molecule has 2 aliphatic heterocycles. The summed E-state index contributed by atoms with van der Waals surface area (Å²) in [6.45, 7) is 8.42. The van der Waals surface area contributed by atoms with Crippen molar-refractivity contribution < 1.29 is 4.39 Å². The van der Waals surface area contributed by atoms with Gasteiger partial charge in [0.2, 0.25) is 0 Å². The van der Waals surface area contributed by atoms with E-state index < -0.39 is 0 Å². The molecular weight excluding hydrogens is 373 g/mol. The standard InChI is InChI=1S/C26H34FN3/c1-20(30-14-6-11-23-17-24(27)18-25(28)26(23)30)19-29-15-12-22(13-16-29)10-5-9-21-7-3-2-4-8-21/h2-4,7-8,17-18,22H,1,5-6,9-16,19,28H2. The van der Waals surface area contributed by atoms with Crippen LogP contribution in [0.2, 0.25) is 0 Å². The number of nitrogen functional groups attached to an aromatic ring is 1. The Morgan fingerprint density at radius 1 is 1.10 bits per heavy atom. The van der Waals surface area contributed by atoms with Crippen LogP contribution >= 0.6 is 0 Å². The maximum Gasteiger partial charge on any atom is 0.125 e. The Morgan fingerprint density at radius 3 is 2.63 bits per heavy atom. The first-order chi connectivity index (χ1) is 14.6. The fourth-order valence-corrected chi connectivity index (χ4v) is 5.07. The zero-order valence-corrected chi connectivity index (χ0v) is 18.0. The summed E-state index contributed by atoms with van der Waals surface area (Å²) in [6, 6.07) is 13.9. The van der Waals surface area contributed by atoms with Gasteiger partial charge in [0, 0.05) is 18.8 Å². The lowest BCUT2D eigenvalue weighted by Crippen LogP contribution is -2.39. The van der Waals surface area contributed by atoms with Gasteiger partial charge in [-0.05, 0) is 80.8 Å². The normalized spacial score (nSPS) is 17.7. The van der Waals surface area contributed by atoms with Crippen LogP contribution < -0.4 is 10.6 Å². The summed E-state index contributed by atoms with van der Waals surface area (Å²) in [5, 5.41) is 0. The van der Waals surface area contributed by atoms with E-state index in [1.807, 2.05) is 0 Å². The first-order valence-electron chi connectivity index (χ1n) is 11.4. The van der Waals surface area contributed by atoms with E-state index in [0.717, 1.165) is 61.9 Å². The van der Waals surface area contributed by atoms with E-state index in [1.54, 1.807) is 6.07 Å². The van der Waals surface area contributed by atoms with Gasteiger partial charge in [-0.3, -0.25) is 4.90 Å². The van der Waals surface area contributed by atoms with Crippen LogP contribution in [0.4, 0.5) is 15.8 Å². The number of nitrogens with two attached hydrogens (primary N) is 1. The molecule has 0 unspecified atom stereocenters. The molecule has 2 aromatic carbocycles. The van der Waals surface area contributed by atoms with E-state index in [0.29, 0.717) is 5.69 Å². The van der Waals surface area contributed by atoms with E-state index in [4.69, 9.17) is 5.73 Å². The number of benzene rings is 2. The number of rotatable bonds is 7. The average Bonchev–Trinajstić information content (AvgIpc) is 2.75. The van der Waals surface area contributed by atoms with Gasteiger partial charge in [0.1, 0.15) is 5.82 Å². The zero-order chi connectivity index (χ0) is 20.9. The molecule has 0 aliphatic carbocycles. The molecule has 2 N–H and O–H groups in total. The van der Waals surface area contributed by atoms with Gasteiger partial charge in [0.05, 0.1) is 11.4 Å². The fraction of sp³-hybridized carbons (Fsp3) is 0.462. The minimum absolute atomic E-state index is 0.243. The molecule has 0 aromatic heterocycles. The van der Waals surface area contributed by atoms with Crippen molar-refractivity contribution in [3.05, 3.63) is 71.7 Å². The van der Waals surface area contributed by atoms with Crippen molar-refractivity contribution in [1.29, 1.82) is 0 Å². The molecule has 2 aromatic rings. The van der Waals surface area contributed by atoms with Crippen molar-refractivity contribution in [3.63, 3.8) is 0 Å². The van der Waals surface area contributed by atoms with Crippen LogP contribution in [0.5, 0.6) is 0 Å². The first kappa shape index (κ1) is 20.9. The molecule has 0 atom stereocenters. The summed E-state index contributed by atoms with van der Waals surface area (Å²) >= 11 is 0. The largest absolute Gasteiger partial charge is 0.397 e. The van der Waals surface area contributed by atoms with E-state index in [2.05, 4.69) is 46.7 Å². The highest BCUT2D eigenvalue weighted by Gasteiger charge is 2.25. The van der Waals surface area contributed by atoms with Crippen LogP contribution in [0.25, 0.3) is 0 Å². The van der Waals surface area contributed by atoms with E-state index in [-0.39, 0.29) is 5.82 Å². The lowest BCUT2D eigenvalue weighted by molar-refractivity contribution is 0.189. The highest BCUT2D eigenvalue weighted by molar-refractivity contribution is 5.75. The Labute approximate surface area is 180 Å². The highest BCUT2D eigenvalue weighted by Crippen LogP contribution is 2.36. The molecule has 0 spiro atoms. The van der Waals surface area contributed by atoms with Gasteiger partial charge >= 0.3 is 0 Å². The summed E-state index contributed by atoms with van der Waals surface area (Å²) in [6.07, 6.45) is 8.23. The Hall–Kier alpha value is -2.33. The fourth-order valence-electron chi connectivity index (χ4n) is 5.07. The Bertz CT molecular complexity index is 856. The maximum absolute atomic E-state index is 13.7. The molecule has 1 fully saturated rings. The third kappa shape index (κ3) is 5.04. The number of likely N-dealkylation sites (tertiary alicyclic amines) is 1. The molecule has 0 amide bonds. The third-order valence-corrected chi connectivity index (χ3v) is 6.70. The van der Waals surface area contributed by atoms with Crippen LogP contribution in [0, 0.1) is 11.7 Å². The number of aryl methyl sites for hydroxylation is 2. The van der Waals surface area contributed by atoms with Crippen LogP contribution in [0.1, 0.15) is 43.2 Å². The number of nitrogens with zero attached hydrogens (tertiary/aromatic N) is 2. The van der Waals surface area contributed by atoms with Gasteiger partial charge in [-0.25, -0.2) is 4.39 Å². The van der Waals surface area contributed by atoms with Crippen LogP contribution in [0.3, 0.4) is 0 Å². The third-order valence-electron chi connectivity index (χ3n) is 6.70. The van der Waals surface area contributed by atoms with Crippen molar-refractivity contribution in [2.75, 3.05) is 36.8 Å². The molecule has 30 heavy (non-hydrogen) atoms. The smallest absolute Gasteiger partial charge is 0.125 e. The van der Waals surface area contributed by atoms with Gasteiger partial charge < -0.3 is 10.6 Å². The SMILES string of the molecule is C=C(CN1CCC(CCCc2ccccc2)CC1)N1CCCc2cc(F)cc(N)c21. The molecule has 2 heterocycles. The Balaban J connectivity index is 1.25. The van der Waals surface area contributed by atoms with E-state index in [9.17, 15) is 4.39 Å². The van der Waals surface area contributed by atoms with Gasteiger partial charge in [0.15, 0.2) is 0 Å². The highest BCUT2D eigenvalue weighted by atomic mass is 19.1. The molecule has 4 heteroatoms. The second-order valence-electron chi connectivity index (χ2n) is 8.92. The summed E-state index contributed by atoms with van der Waals surface area (Å²) in [5.74, 6) is 0.598. The van der Waals surface area contributed by atoms with Crippen molar-refractivity contribution in [1.82, 2.24) is 4.90 Å². The van der Waals surface area contributed by atoms with E-state index in [1.165, 1.54) is 43.7 Å². The second-order valence-corrected chi connectivity index (χ2v) is 8.92. The van der Waals surface area contributed by atoms with Crippen molar-refractivity contribution >= 4 is 11.4 Å². The van der Waals surface area contributed by atoms with Crippen molar-refractivity contribution in [2.45, 2.75) is 44.9 Å². The van der Waals surface area contributed by atoms with Gasteiger partial charge in [-0.15, -0.1) is 0 Å². The molecule has 0 bridgehead atoms. The van der Waals surface area contributed by atoms with Gasteiger partial charge in [0.25, 0.3) is 0 Å². The molecule has 160 valence electrons. The van der Waals surface area contributed by atoms with Gasteiger partial charge in [-0.1, -0.05) is 43.3 Å². The minimum Gasteiger partial charge on any atom is -0.397 e. The maximum atomic E-state index is 13.7. The predicted octanol–water partition coefficient (Wildman–Crippen LogP) is 5.41. The molecule has 2 aliphatic rings. The number of piperidine rings is 1. The predicted molar refractivity (Wildman–Crippen MR) is 124 cm³/mol. The number of hydrogen-bond donors (Lipinski definition) is 1. The molecule has 0 saturated carbocycles. The molecule has 4 rings (SSSR count). The summed E-state index contributed by atoms with van der Waals surface area (Å²) in [4.78, 5) is 4.74. The monoisotopic (exact) mass is 407 g/mol. The zero-order valence-electron chi connectivity index (χ0n) is 18.0. The summed E-state index contributed by atoms with van der Waals surface area (Å²) in [7, 11) is 0. The number of fused-ring (bicyclic) bond motifs is 1. The first-order valence-corrected chi connectivity index (χ1v) is 11.4. The van der Waals surface area contributed by atoms with Crippen molar-refractivity contribution in [3.8, 4) is 0 Å². The van der Waals surface area contributed by atoms with E-state index >= 15 is 0 Å². The summed E-state index contributed by atoms with van der Waals surface area (Å²) < 4.78 is 13.7. The van der Waals surface area contributed by atoms with Crippen LogP contribution in [-0.2, 0) is 12.8 Å². The second kappa shape index (κ2) is 9.65. The lowest BCUT2D eigenvalue weighted by Gasteiger charge is -2.38. The average molecular weight is 408 g/mol. The topological polar surface area (TPSA) is 32.5 Å². The summed E-state index contributed by atoms with van der Waals surface area (Å²) in [5.41, 5.74) is 11.2. The molecule has 1 saturated heterocycles. The lowest BCUT2D eigenvalue weighted by atomic mass is 9.90. The van der Waals surface area contributed by atoms with Crippen LogP contribution in [-0.4, -0.2) is 31.1 Å². The number of halogens is 1. The Kier molecular flexibility index (Phi) is 6.73. The van der Waals surface area contributed by atoms with Crippen LogP contribution in [0.15, 0.2) is 54.7 Å². The van der Waals surface area contributed by atoms with Gasteiger partial charge in [-0.2, -0.15) is 0 Å². The number of hydrogen-bond acceptors (Lipinski definition) is 3. The molecule has 3 nitrogen and oxygen atoms in total.